The van der Waals surface area contributed by atoms with Crippen molar-refractivity contribution in [2.75, 3.05) is 0 Å². The third-order valence-corrected chi connectivity index (χ3v) is 1.76. The highest BCUT2D eigenvalue weighted by Gasteiger charge is 2.00. The molecule has 0 spiro atoms. The van der Waals surface area contributed by atoms with E-state index in [1.165, 1.54) is 12.0 Å². The summed E-state index contributed by atoms with van der Waals surface area (Å²) >= 11 is 0. The topological polar surface area (TPSA) is 17.1 Å². The van der Waals surface area contributed by atoms with E-state index in [4.69, 9.17) is 0 Å². The third-order valence-electron chi connectivity index (χ3n) is 1.76. The van der Waals surface area contributed by atoms with Crippen LogP contribution in [0.2, 0.25) is 0 Å². The molecule has 1 rings (SSSR count). The summed E-state index contributed by atoms with van der Waals surface area (Å²) in [5, 5.41) is 0. The van der Waals surface area contributed by atoms with Crippen LogP contribution in [0.4, 0.5) is 0 Å². The lowest BCUT2D eigenvalue weighted by molar-refractivity contribution is 0.104. The first-order valence-corrected chi connectivity index (χ1v) is 6.77. The first-order chi connectivity index (χ1) is 8.51. The summed E-state index contributed by atoms with van der Waals surface area (Å²) in [7, 11) is 0. The van der Waals surface area contributed by atoms with Crippen LogP contribution in [0.1, 0.15) is 63.9 Å². The Labute approximate surface area is 113 Å². The molecule has 0 unspecified atom stereocenters. The number of carbonyl (C=O) groups is 1. The predicted molar refractivity (Wildman–Crippen MR) is 82.3 cm³/mol. The molecule has 1 nitrogen and oxygen atoms in total. The quantitative estimate of drug-likeness (QED) is 0.493. The first kappa shape index (κ1) is 19.0. The fourth-order valence-electron chi connectivity index (χ4n) is 1.06. The first-order valence-electron chi connectivity index (χ1n) is 6.77. The van der Waals surface area contributed by atoms with Gasteiger partial charge in [0, 0.05) is 5.56 Å². The number of hydrogen-bond acceptors (Lipinski definition) is 1. The molecule has 0 heterocycles. The third kappa shape index (κ3) is 9.83. The van der Waals surface area contributed by atoms with E-state index in [-0.39, 0.29) is 5.78 Å². The van der Waals surface area contributed by atoms with Gasteiger partial charge in [-0.05, 0) is 26.8 Å². The highest BCUT2D eigenvalue weighted by molar-refractivity contribution is 6.04. The minimum absolute atomic E-state index is 0.0833. The molecule has 0 aliphatic heterocycles. The van der Waals surface area contributed by atoms with Crippen molar-refractivity contribution in [2.45, 2.75) is 54.9 Å². The van der Waals surface area contributed by atoms with E-state index in [1.807, 2.05) is 58.9 Å². The van der Waals surface area contributed by atoms with Crippen molar-refractivity contribution >= 4 is 5.78 Å². The second-order valence-corrected chi connectivity index (χ2v) is 4.16. The molecule has 18 heavy (non-hydrogen) atoms. The van der Waals surface area contributed by atoms with Crippen molar-refractivity contribution < 1.29 is 4.79 Å². The zero-order valence-corrected chi connectivity index (χ0v) is 13.0. The number of aryl methyl sites for hydroxylation is 1. The van der Waals surface area contributed by atoms with Crippen LogP contribution in [0, 0.1) is 6.92 Å². The van der Waals surface area contributed by atoms with Gasteiger partial charge < -0.3 is 0 Å². The molecule has 0 atom stereocenters. The standard InChI is InChI=1S/C12H14O.C3H8.C2H6/c1-9(2)8-12(13)11-6-4-10(3)5-7-11;1-3-2;1-2/h4-8H,1-3H3;3H2,1-2H3;1-2H3. The maximum atomic E-state index is 11.5. The van der Waals surface area contributed by atoms with Gasteiger partial charge in [0.25, 0.3) is 0 Å². The Morgan fingerprint density at radius 1 is 1.06 bits per heavy atom. The molecule has 1 aromatic carbocycles. The van der Waals surface area contributed by atoms with E-state index >= 15 is 0 Å². The van der Waals surface area contributed by atoms with Gasteiger partial charge in [0.15, 0.2) is 5.78 Å². The van der Waals surface area contributed by atoms with Crippen LogP contribution in [0.5, 0.6) is 0 Å². The molecular formula is C17H28O. The normalized spacial score (nSPS) is 8.17. The van der Waals surface area contributed by atoms with Gasteiger partial charge in [-0.2, -0.15) is 0 Å². The summed E-state index contributed by atoms with van der Waals surface area (Å²) < 4.78 is 0. The van der Waals surface area contributed by atoms with Crippen molar-refractivity contribution in [1.82, 2.24) is 0 Å². The van der Waals surface area contributed by atoms with Crippen LogP contribution in [0.25, 0.3) is 0 Å². The average Bonchev–Trinajstić information content (AvgIpc) is 2.32. The Kier molecular flexibility index (Phi) is 12.8. The number of benzene rings is 1. The molecule has 1 aromatic rings. The summed E-state index contributed by atoms with van der Waals surface area (Å²) in [6.07, 6.45) is 2.91. The van der Waals surface area contributed by atoms with E-state index < -0.39 is 0 Å². The van der Waals surface area contributed by atoms with E-state index in [0.29, 0.717) is 0 Å². The summed E-state index contributed by atoms with van der Waals surface area (Å²) in [4.78, 5) is 11.5. The number of hydrogen-bond donors (Lipinski definition) is 0. The molecular weight excluding hydrogens is 220 g/mol. The number of allylic oxidation sites excluding steroid dienone is 2. The van der Waals surface area contributed by atoms with Crippen LogP contribution >= 0.6 is 0 Å². The molecule has 0 bridgehead atoms. The number of carbonyl (C=O) groups excluding carboxylic acids is 1. The molecule has 0 saturated heterocycles. The highest BCUT2D eigenvalue weighted by Crippen LogP contribution is 2.05. The van der Waals surface area contributed by atoms with Crippen molar-refractivity contribution in [1.29, 1.82) is 0 Å². The maximum absolute atomic E-state index is 11.5. The molecule has 0 amide bonds. The lowest BCUT2D eigenvalue weighted by Crippen LogP contribution is -1.94. The molecule has 0 saturated carbocycles. The maximum Gasteiger partial charge on any atom is 0.185 e. The Morgan fingerprint density at radius 2 is 1.44 bits per heavy atom. The molecule has 0 fully saturated rings. The second-order valence-electron chi connectivity index (χ2n) is 4.16. The van der Waals surface area contributed by atoms with Gasteiger partial charge in [-0.25, -0.2) is 0 Å². The summed E-state index contributed by atoms with van der Waals surface area (Å²) in [6.45, 7) is 14.1. The number of rotatable bonds is 2. The van der Waals surface area contributed by atoms with Gasteiger partial charge in [-0.15, -0.1) is 0 Å². The Hall–Kier alpha value is -1.37. The largest absolute Gasteiger partial charge is 0.289 e. The van der Waals surface area contributed by atoms with Crippen molar-refractivity contribution in [2.24, 2.45) is 0 Å². The minimum Gasteiger partial charge on any atom is -0.289 e. The molecule has 0 aliphatic rings. The SMILES string of the molecule is CC.CC(C)=CC(=O)c1ccc(C)cc1.CCC. The highest BCUT2D eigenvalue weighted by atomic mass is 16.1. The Bertz CT molecular complexity index is 340. The average molecular weight is 248 g/mol. The van der Waals surface area contributed by atoms with E-state index in [0.717, 1.165) is 11.1 Å². The van der Waals surface area contributed by atoms with Crippen molar-refractivity contribution in [3.05, 3.63) is 47.0 Å². The number of ketones is 1. The van der Waals surface area contributed by atoms with Gasteiger partial charge in [-0.3, -0.25) is 4.79 Å². The van der Waals surface area contributed by atoms with Crippen LogP contribution in [-0.4, -0.2) is 5.78 Å². The molecule has 0 aromatic heterocycles. The zero-order chi connectivity index (χ0) is 14.6. The van der Waals surface area contributed by atoms with Crippen molar-refractivity contribution in [3.8, 4) is 0 Å². The summed E-state index contributed by atoms with van der Waals surface area (Å²) in [5.41, 5.74) is 2.96. The monoisotopic (exact) mass is 248 g/mol. The zero-order valence-electron chi connectivity index (χ0n) is 13.0. The lowest BCUT2D eigenvalue weighted by atomic mass is 10.1. The molecule has 1 heteroatoms. The van der Waals surface area contributed by atoms with Gasteiger partial charge >= 0.3 is 0 Å². The molecule has 102 valence electrons. The second kappa shape index (κ2) is 12.1. The van der Waals surface area contributed by atoms with Gasteiger partial charge in [-0.1, -0.05) is 69.5 Å². The van der Waals surface area contributed by atoms with Crippen LogP contribution < -0.4 is 0 Å². The van der Waals surface area contributed by atoms with Gasteiger partial charge in [0.2, 0.25) is 0 Å². The fraction of sp³-hybridized carbons (Fsp3) is 0.471. The van der Waals surface area contributed by atoms with E-state index in [1.54, 1.807) is 6.08 Å². The smallest absolute Gasteiger partial charge is 0.185 e. The van der Waals surface area contributed by atoms with Crippen LogP contribution in [-0.2, 0) is 0 Å². The minimum atomic E-state index is 0.0833. The van der Waals surface area contributed by atoms with Gasteiger partial charge in [0.1, 0.15) is 0 Å². The Morgan fingerprint density at radius 3 is 1.78 bits per heavy atom. The van der Waals surface area contributed by atoms with Crippen LogP contribution in [0.15, 0.2) is 35.9 Å². The van der Waals surface area contributed by atoms with Gasteiger partial charge in [0.05, 0.1) is 0 Å². The Balaban J connectivity index is 0. The lowest BCUT2D eigenvalue weighted by Gasteiger charge is -1.97. The van der Waals surface area contributed by atoms with Crippen LogP contribution in [0.3, 0.4) is 0 Å². The molecule has 0 aliphatic carbocycles. The predicted octanol–water partition coefficient (Wildman–Crippen LogP) is 5.59. The van der Waals surface area contributed by atoms with Crippen molar-refractivity contribution in [3.63, 3.8) is 0 Å². The molecule has 0 radical (unpaired) electrons. The van der Waals surface area contributed by atoms with E-state index in [2.05, 4.69) is 13.8 Å². The summed E-state index contributed by atoms with van der Waals surface area (Å²) in [6, 6.07) is 7.62. The molecule has 0 N–H and O–H groups in total. The fourth-order valence-corrected chi connectivity index (χ4v) is 1.06. The van der Waals surface area contributed by atoms with E-state index in [9.17, 15) is 4.79 Å². The summed E-state index contributed by atoms with van der Waals surface area (Å²) in [5.74, 6) is 0.0833.